The van der Waals surface area contributed by atoms with E-state index in [2.05, 4.69) is 0 Å². The standard InChI is InChI=1S/C12H12F5N/c1-7-9(13)5-8(6-10(7)14)18-4-2-3-11(18)12(15,16)17/h5-6,11H,2-4H2,1H3/t11-/m0/s1. The molecule has 0 radical (unpaired) electrons. The Hall–Kier alpha value is -1.33. The van der Waals surface area contributed by atoms with Crippen molar-refractivity contribution in [3.05, 3.63) is 29.3 Å². The molecule has 1 aromatic rings. The largest absolute Gasteiger partial charge is 0.408 e. The molecule has 0 N–H and O–H groups in total. The molecule has 1 heterocycles. The predicted octanol–water partition coefficient (Wildman–Crippen LogP) is 3.80. The summed E-state index contributed by atoms with van der Waals surface area (Å²) in [7, 11) is 0. The smallest absolute Gasteiger partial charge is 0.360 e. The molecule has 0 aromatic heterocycles. The molecule has 1 nitrogen and oxygen atoms in total. The second kappa shape index (κ2) is 4.40. The second-order valence-electron chi connectivity index (χ2n) is 4.43. The molecule has 100 valence electrons. The molecule has 1 aromatic carbocycles. The van der Waals surface area contributed by atoms with Gasteiger partial charge in [0.1, 0.15) is 17.7 Å². The third-order valence-electron chi connectivity index (χ3n) is 3.23. The third-order valence-corrected chi connectivity index (χ3v) is 3.23. The van der Waals surface area contributed by atoms with E-state index in [9.17, 15) is 22.0 Å². The highest BCUT2D eigenvalue weighted by Crippen LogP contribution is 2.36. The maximum Gasteiger partial charge on any atom is 0.408 e. The Morgan fingerprint density at radius 2 is 1.72 bits per heavy atom. The van der Waals surface area contributed by atoms with Crippen LogP contribution in [0.1, 0.15) is 18.4 Å². The van der Waals surface area contributed by atoms with Crippen LogP contribution in [0.5, 0.6) is 0 Å². The molecule has 2 rings (SSSR count). The Labute approximate surface area is 101 Å². The van der Waals surface area contributed by atoms with Crippen LogP contribution >= 0.6 is 0 Å². The lowest BCUT2D eigenvalue weighted by Gasteiger charge is -2.28. The molecule has 0 bridgehead atoms. The van der Waals surface area contributed by atoms with Crippen molar-refractivity contribution in [3.8, 4) is 0 Å². The predicted molar refractivity (Wildman–Crippen MR) is 57.5 cm³/mol. The van der Waals surface area contributed by atoms with Gasteiger partial charge in [-0.3, -0.25) is 0 Å². The fourth-order valence-electron chi connectivity index (χ4n) is 2.21. The zero-order valence-electron chi connectivity index (χ0n) is 9.69. The van der Waals surface area contributed by atoms with Gasteiger partial charge in [-0.15, -0.1) is 0 Å². The van der Waals surface area contributed by atoms with Crippen molar-refractivity contribution in [2.24, 2.45) is 0 Å². The maximum atomic E-state index is 13.4. The van der Waals surface area contributed by atoms with E-state index in [1.807, 2.05) is 0 Å². The molecule has 0 unspecified atom stereocenters. The molecule has 0 spiro atoms. The number of anilines is 1. The molecule has 1 fully saturated rings. The summed E-state index contributed by atoms with van der Waals surface area (Å²) in [4.78, 5) is 1.02. The van der Waals surface area contributed by atoms with Gasteiger partial charge in [-0.25, -0.2) is 8.78 Å². The first-order valence-electron chi connectivity index (χ1n) is 5.59. The van der Waals surface area contributed by atoms with Crippen LogP contribution in [0, 0.1) is 18.6 Å². The fraction of sp³-hybridized carbons (Fsp3) is 0.500. The van der Waals surface area contributed by atoms with E-state index in [1.165, 1.54) is 6.92 Å². The minimum absolute atomic E-state index is 0.0411. The van der Waals surface area contributed by atoms with E-state index in [0.29, 0.717) is 6.42 Å². The first-order chi connectivity index (χ1) is 8.30. The molecular formula is C12H12F5N. The Morgan fingerprint density at radius 3 is 2.22 bits per heavy atom. The molecule has 0 aliphatic carbocycles. The van der Waals surface area contributed by atoms with Crippen molar-refractivity contribution in [1.82, 2.24) is 0 Å². The normalized spacial score (nSPS) is 20.6. The molecular weight excluding hydrogens is 253 g/mol. The summed E-state index contributed by atoms with van der Waals surface area (Å²) in [5.74, 6) is -1.64. The number of halogens is 5. The summed E-state index contributed by atoms with van der Waals surface area (Å²) >= 11 is 0. The van der Waals surface area contributed by atoms with E-state index >= 15 is 0 Å². The highest BCUT2D eigenvalue weighted by molar-refractivity contribution is 5.51. The van der Waals surface area contributed by atoms with Gasteiger partial charge in [0.25, 0.3) is 0 Å². The zero-order chi connectivity index (χ0) is 13.5. The Balaban J connectivity index is 2.37. The second-order valence-corrected chi connectivity index (χ2v) is 4.43. The summed E-state index contributed by atoms with van der Waals surface area (Å²) < 4.78 is 65.0. The van der Waals surface area contributed by atoms with Gasteiger partial charge in [-0.05, 0) is 31.9 Å². The van der Waals surface area contributed by atoms with Gasteiger partial charge in [0.05, 0.1) is 0 Å². The van der Waals surface area contributed by atoms with Crippen LogP contribution in [-0.4, -0.2) is 18.8 Å². The minimum atomic E-state index is -4.38. The Morgan fingerprint density at radius 1 is 1.17 bits per heavy atom. The minimum Gasteiger partial charge on any atom is -0.360 e. The topological polar surface area (TPSA) is 3.24 Å². The van der Waals surface area contributed by atoms with E-state index < -0.39 is 23.9 Å². The SMILES string of the molecule is Cc1c(F)cc(N2CCC[C@H]2C(F)(F)F)cc1F. The molecule has 6 heteroatoms. The summed E-state index contributed by atoms with van der Waals surface area (Å²) in [5.41, 5.74) is -0.225. The van der Waals surface area contributed by atoms with Crippen LogP contribution in [0.15, 0.2) is 12.1 Å². The number of hydrogen-bond donors (Lipinski definition) is 0. The Kier molecular flexibility index (Phi) is 3.21. The van der Waals surface area contributed by atoms with Gasteiger partial charge >= 0.3 is 6.18 Å². The summed E-state index contributed by atoms with van der Waals surface area (Å²) in [6.45, 7) is 1.41. The van der Waals surface area contributed by atoms with E-state index in [0.717, 1.165) is 17.0 Å². The number of benzene rings is 1. The lowest BCUT2D eigenvalue weighted by atomic mass is 10.1. The third kappa shape index (κ3) is 2.28. The van der Waals surface area contributed by atoms with Crippen LogP contribution in [0.2, 0.25) is 0 Å². The fourth-order valence-corrected chi connectivity index (χ4v) is 2.21. The summed E-state index contributed by atoms with van der Waals surface area (Å²) in [6.07, 6.45) is -4.06. The lowest BCUT2D eigenvalue weighted by Crippen LogP contribution is -2.41. The van der Waals surface area contributed by atoms with E-state index in [1.54, 1.807) is 0 Å². The summed E-state index contributed by atoms with van der Waals surface area (Å²) in [6, 6.07) is 0.268. The van der Waals surface area contributed by atoms with Gasteiger partial charge in [0.15, 0.2) is 0 Å². The van der Waals surface area contributed by atoms with Crippen LogP contribution in [-0.2, 0) is 0 Å². The zero-order valence-corrected chi connectivity index (χ0v) is 9.69. The van der Waals surface area contributed by atoms with Crippen molar-refractivity contribution >= 4 is 5.69 Å². The van der Waals surface area contributed by atoms with Gasteiger partial charge in [0, 0.05) is 17.8 Å². The molecule has 1 aliphatic heterocycles. The van der Waals surface area contributed by atoms with Gasteiger partial charge < -0.3 is 4.90 Å². The van der Waals surface area contributed by atoms with Crippen molar-refractivity contribution in [2.75, 3.05) is 11.4 Å². The first-order valence-corrected chi connectivity index (χ1v) is 5.59. The number of hydrogen-bond acceptors (Lipinski definition) is 1. The Bertz CT molecular complexity index is 431. The highest BCUT2D eigenvalue weighted by Gasteiger charge is 2.46. The highest BCUT2D eigenvalue weighted by atomic mass is 19.4. The van der Waals surface area contributed by atoms with Gasteiger partial charge in [-0.1, -0.05) is 0 Å². The van der Waals surface area contributed by atoms with Crippen LogP contribution in [0.25, 0.3) is 0 Å². The van der Waals surface area contributed by atoms with Gasteiger partial charge in [0.2, 0.25) is 0 Å². The summed E-state index contributed by atoms with van der Waals surface area (Å²) in [5, 5.41) is 0. The maximum absolute atomic E-state index is 13.4. The molecule has 1 atom stereocenters. The van der Waals surface area contributed by atoms with E-state index in [-0.39, 0.29) is 24.2 Å². The first kappa shape index (κ1) is 13.1. The quantitative estimate of drug-likeness (QED) is 0.698. The number of rotatable bonds is 1. The monoisotopic (exact) mass is 265 g/mol. The lowest BCUT2D eigenvalue weighted by molar-refractivity contribution is -0.146. The van der Waals surface area contributed by atoms with Crippen molar-refractivity contribution in [2.45, 2.75) is 32.0 Å². The molecule has 0 amide bonds. The average Bonchev–Trinajstić information content (AvgIpc) is 2.73. The molecule has 0 saturated carbocycles. The average molecular weight is 265 g/mol. The van der Waals surface area contributed by atoms with Gasteiger partial charge in [-0.2, -0.15) is 13.2 Å². The molecule has 1 aliphatic rings. The van der Waals surface area contributed by atoms with Crippen LogP contribution < -0.4 is 4.90 Å². The van der Waals surface area contributed by atoms with Crippen molar-refractivity contribution in [1.29, 1.82) is 0 Å². The molecule has 1 saturated heterocycles. The van der Waals surface area contributed by atoms with Crippen LogP contribution in [0.4, 0.5) is 27.6 Å². The van der Waals surface area contributed by atoms with Crippen LogP contribution in [0.3, 0.4) is 0 Å². The van der Waals surface area contributed by atoms with E-state index in [4.69, 9.17) is 0 Å². The number of nitrogens with zero attached hydrogens (tertiary/aromatic N) is 1. The van der Waals surface area contributed by atoms with Crippen molar-refractivity contribution in [3.63, 3.8) is 0 Å². The molecule has 18 heavy (non-hydrogen) atoms. The van der Waals surface area contributed by atoms with Crippen molar-refractivity contribution < 1.29 is 22.0 Å². The number of alkyl halides is 3.